The maximum atomic E-state index is 13.2. The van der Waals surface area contributed by atoms with E-state index in [0.29, 0.717) is 15.1 Å². The number of nitrogens with zero attached hydrogens (tertiary/aromatic N) is 2. The SMILES string of the molecule is Cn1c(CNC(=O)CCNC(=O)c2cc(F)ccc2Br)n[nH]c1=S. The largest absolute Gasteiger partial charge is 0.351 e. The number of carbonyl (C=O) groups is 2. The lowest BCUT2D eigenvalue weighted by molar-refractivity contribution is -0.121. The van der Waals surface area contributed by atoms with Crippen molar-refractivity contribution in [3.05, 3.63) is 44.6 Å². The quantitative estimate of drug-likeness (QED) is 0.627. The number of carbonyl (C=O) groups excluding carboxylic acids is 2. The summed E-state index contributed by atoms with van der Waals surface area (Å²) in [6.07, 6.45) is 0.0908. The molecule has 0 aliphatic heterocycles. The molecule has 24 heavy (non-hydrogen) atoms. The molecular formula is C14H15BrFN5O2S. The summed E-state index contributed by atoms with van der Waals surface area (Å²) in [7, 11) is 1.74. The molecule has 2 aromatic rings. The predicted octanol–water partition coefficient (Wildman–Crippen LogP) is 1.82. The first-order valence-corrected chi connectivity index (χ1v) is 8.19. The van der Waals surface area contributed by atoms with E-state index >= 15 is 0 Å². The van der Waals surface area contributed by atoms with Crippen LogP contribution < -0.4 is 10.6 Å². The Morgan fingerprint density at radius 2 is 2.17 bits per heavy atom. The molecule has 0 bridgehead atoms. The summed E-state index contributed by atoms with van der Waals surface area (Å²) in [6, 6.07) is 3.83. The molecule has 1 heterocycles. The average Bonchev–Trinajstić information content (AvgIpc) is 2.86. The third-order valence-electron chi connectivity index (χ3n) is 3.23. The second-order valence-corrected chi connectivity index (χ2v) is 6.15. The molecule has 2 rings (SSSR count). The molecule has 7 nitrogen and oxygen atoms in total. The number of aromatic nitrogens is 3. The van der Waals surface area contributed by atoms with Crippen molar-refractivity contribution >= 4 is 40.0 Å². The summed E-state index contributed by atoms with van der Waals surface area (Å²) in [5.41, 5.74) is 0.178. The fraction of sp³-hybridized carbons (Fsp3) is 0.286. The second kappa shape index (κ2) is 8.15. The van der Waals surface area contributed by atoms with Gasteiger partial charge in [-0.3, -0.25) is 14.7 Å². The number of H-pyrrole nitrogens is 1. The minimum atomic E-state index is -0.505. The molecule has 0 spiro atoms. The summed E-state index contributed by atoms with van der Waals surface area (Å²) in [4.78, 5) is 23.7. The maximum absolute atomic E-state index is 13.2. The molecule has 0 radical (unpaired) electrons. The van der Waals surface area contributed by atoms with Crippen LogP contribution in [0.25, 0.3) is 0 Å². The molecule has 0 saturated heterocycles. The van der Waals surface area contributed by atoms with Gasteiger partial charge in [-0.25, -0.2) is 4.39 Å². The molecule has 0 fully saturated rings. The van der Waals surface area contributed by atoms with Crippen LogP contribution in [0.1, 0.15) is 22.6 Å². The van der Waals surface area contributed by atoms with Crippen LogP contribution in [-0.4, -0.2) is 33.1 Å². The van der Waals surface area contributed by atoms with Crippen molar-refractivity contribution in [2.24, 2.45) is 7.05 Å². The van der Waals surface area contributed by atoms with Crippen molar-refractivity contribution in [1.29, 1.82) is 0 Å². The van der Waals surface area contributed by atoms with Crippen LogP contribution in [0, 0.1) is 10.6 Å². The van der Waals surface area contributed by atoms with Gasteiger partial charge in [0, 0.05) is 24.5 Å². The molecule has 0 atom stereocenters. The van der Waals surface area contributed by atoms with Gasteiger partial charge >= 0.3 is 0 Å². The standard InChI is InChI=1S/C14H15BrFN5O2S/c1-21-11(19-20-14(21)24)7-18-12(22)4-5-17-13(23)9-6-8(16)2-3-10(9)15/h2-3,6H,4-5,7H2,1H3,(H,17,23)(H,18,22)(H,20,24). The maximum Gasteiger partial charge on any atom is 0.252 e. The zero-order valence-corrected chi connectivity index (χ0v) is 15.1. The van der Waals surface area contributed by atoms with Crippen molar-refractivity contribution < 1.29 is 14.0 Å². The van der Waals surface area contributed by atoms with E-state index in [9.17, 15) is 14.0 Å². The molecule has 0 aliphatic rings. The van der Waals surface area contributed by atoms with E-state index in [0.717, 1.165) is 6.07 Å². The Bertz CT molecular complexity index is 820. The third-order valence-corrected chi connectivity index (χ3v) is 4.28. The van der Waals surface area contributed by atoms with Gasteiger partial charge < -0.3 is 15.2 Å². The van der Waals surface area contributed by atoms with Gasteiger partial charge in [-0.1, -0.05) is 0 Å². The first-order valence-electron chi connectivity index (χ1n) is 6.98. The van der Waals surface area contributed by atoms with E-state index in [1.54, 1.807) is 11.6 Å². The van der Waals surface area contributed by atoms with E-state index in [2.05, 4.69) is 36.8 Å². The Morgan fingerprint density at radius 1 is 1.42 bits per heavy atom. The highest BCUT2D eigenvalue weighted by molar-refractivity contribution is 9.10. The Hall–Kier alpha value is -2.07. The molecule has 0 aliphatic carbocycles. The number of hydrogen-bond acceptors (Lipinski definition) is 4. The summed E-state index contributed by atoms with van der Waals surface area (Å²) in [5, 5.41) is 11.8. The molecule has 2 amide bonds. The lowest BCUT2D eigenvalue weighted by Gasteiger charge is -2.08. The van der Waals surface area contributed by atoms with Crippen molar-refractivity contribution in [3.63, 3.8) is 0 Å². The third kappa shape index (κ3) is 4.71. The summed E-state index contributed by atoms with van der Waals surface area (Å²) < 4.78 is 15.8. The minimum Gasteiger partial charge on any atom is -0.351 e. The van der Waals surface area contributed by atoms with E-state index in [1.165, 1.54) is 12.1 Å². The molecule has 0 unspecified atom stereocenters. The summed E-state index contributed by atoms with van der Waals surface area (Å²) in [5.74, 6) is -0.610. The van der Waals surface area contributed by atoms with Gasteiger partial charge in [-0.2, -0.15) is 5.10 Å². The van der Waals surface area contributed by atoms with Gasteiger partial charge in [0.15, 0.2) is 10.6 Å². The fourth-order valence-electron chi connectivity index (χ4n) is 1.86. The number of amides is 2. The topological polar surface area (TPSA) is 91.8 Å². The Balaban J connectivity index is 1.78. The van der Waals surface area contributed by atoms with Crippen LogP contribution in [0.2, 0.25) is 0 Å². The Kier molecular flexibility index (Phi) is 6.21. The smallest absolute Gasteiger partial charge is 0.252 e. The number of hydrogen-bond donors (Lipinski definition) is 3. The van der Waals surface area contributed by atoms with Gasteiger partial charge in [0.25, 0.3) is 5.91 Å². The van der Waals surface area contributed by atoms with Crippen LogP contribution in [0.3, 0.4) is 0 Å². The van der Waals surface area contributed by atoms with E-state index < -0.39 is 11.7 Å². The normalized spacial score (nSPS) is 10.5. The highest BCUT2D eigenvalue weighted by Gasteiger charge is 2.12. The van der Waals surface area contributed by atoms with Gasteiger partial charge in [0.05, 0.1) is 12.1 Å². The van der Waals surface area contributed by atoms with Gasteiger partial charge in [-0.05, 0) is 46.3 Å². The van der Waals surface area contributed by atoms with Crippen molar-refractivity contribution in [3.8, 4) is 0 Å². The summed E-state index contributed by atoms with van der Waals surface area (Å²) in [6.45, 7) is 0.360. The molecular weight excluding hydrogens is 401 g/mol. The van der Waals surface area contributed by atoms with Crippen molar-refractivity contribution in [2.45, 2.75) is 13.0 Å². The first kappa shape index (κ1) is 18.3. The molecule has 10 heteroatoms. The minimum absolute atomic E-state index is 0.0908. The Labute approximate surface area is 150 Å². The highest BCUT2D eigenvalue weighted by Crippen LogP contribution is 2.17. The molecule has 1 aromatic heterocycles. The number of rotatable bonds is 6. The monoisotopic (exact) mass is 415 g/mol. The van der Waals surface area contributed by atoms with Crippen LogP contribution in [0.4, 0.5) is 4.39 Å². The van der Waals surface area contributed by atoms with Crippen LogP contribution in [0.5, 0.6) is 0 Å². The molecule has 0 saturated carbocycles. The number of halogens is 2. The first-order chi connectivity index (χ1) is 11.4. The summed E-state index contributed by atoms with van der Waals surface area (Å²) >= 11 is 8.16. The molecule has 3 N–H and O–H groups in total. The molecule has 128 valence electrons. The van der Waals surface area contributed by atoms with E-state index in [4.69, 9.17) is 12.2 Å². The zero-order valence-electron chi connectivity index (χ0n) is 12.7. The highest BCUT2D eigenvalue weighted by atomic mass is 79.9. The van der Waals surface area contributed by atoms with Crippen LogP contribution >= 0.6 is 28.1 Å². The molecule has 1 aromatic carbocycles. The number of aromatic amines is 1. The Morgan fingerprint density at radius 3 is 2.83 bits per heavy atom. The van der Waals surface area contributed by atoms with Gasteiger partial charge in [-0.15, -0.1) is 0 Å². The van der Waals surface area contributed by atoms with E-state index in [-0.39, 0.29) is 31.0 Å². The lowest BCUT2D eigenvalue weighted by atomic mass is 10.2. The van der Waals surface area contributed by atoms with Crippen molar-refractivity contribution in [1.82, 2.24) is 25.4 Å². The zero-order chi connectivity index (χ0) is 17.7. The van der Waals surface area contributed by atoms with Crippen molar-refractivity contribution in [2.75, 3.05) is 6.54 Å². The predicted molar refractivity (Wildman–Crippen MR) is 91.3 cm³/mol. The fourth-order valence-corrected chi connectivity index (χ4v) is 2.44. The van der Waals surface area contributed by atoms with Gasteiger partial charge in [0.1, 0.15) is 5.82 Å². The van der Waals surface area contributed by atoms with Crippen LogP contribution in [-0.2, 0) is 18.4 Å². The number of benzene rings is 1. The second-order valence-electron chi connectivity index (χ2n) is 4.91. The average molecular weight is 416 g/mol. The van der Waals surface area contributed by atoms with E-state index in [1.807, 2.05) is 0 Å². The van der Waals surface area contributed by atoms with Crippen LogP contribution in [0.15, 0.2) is 22.7 Å². The van der Waals surface area contributed by atoms with Gasteiger partial charge in [0.2, 0.25) is 5.91 Å². The lowest BCUT2D eigenvalue weighted by Crippen LogP contribution is -2.31. The number of nitrogens with one attached hydrogen (secondary N) is 3.